The molecule has 2 atom stereocenters. The summed E-state index contributed by atoms with van der Waals surface area (Å²) in [5, 5.41) is 9.05. The van der Waals surface area contributed by atoms with Crippen LogP contribution in [-0.4, -0.2) is 11.7 Å². The molecule has 0 spiro atoms. The molecule has 0 amide bonds. The molecule has 1 fully saturated rings. The fourth-order valence-corrected chi connectivity index (χ4v) is 2.66. The van der Waals surface area contributed by atoms with Gasteiger partial charge in [-0.15, -0.1) is 0 Å². The molecule has 0 aliphatic heterocycles. The number of allylic oxidation sites excluding steroid dienone is 1. The summed E-state index contributed by atoms with van der Waals surface area (Å²) in [4.78, 5) is 0. The van der Waals surface area contributed by atoms with Crippen LogP contribution in [0.2, 0.25) is 0 Å². The van der Waals surface area contributed by atoms with E-state index in [1.165, 1.54) is 18.4 Å². The fraction of sp³-hybridized carbons (Fsp3) is 0.800. The molecule has 62 valence electrons. The van der Waals surface area contributed by atoms with Gasteiger partial charge in [-0.2, -0.15) is 0 Å². The van der Waals surface area contributed by atoms with E-state index in [1.54, 1.807) is 0 Å². The Morgan fingerprint density at radius 3 is 2.73 bits per heavy atom. The molecule has 0 aromatic rings. The Kier molecular flexibility index (Phi) is 1.40. The second-order valence-electron chi connectivity index (χ2n) is 4.48. The Labute approximate surface area is 68.1 Å². The first-order valence-electron chi connectivity index (χ1n) is 4.46. The monoisotopic (exact) mass is 152 g/mol. The predicted molar refractivity (Wildman–Crippen MR) is 45.2 cm³/mol. The highest BCUT2D eigenvalue weighted by molar-refractivity contribution is 5.23. The summed E-state index contributed by atoms with van der Waals surface area (Å²) in [6.07, 6.45) is 4.75. The number of aliphatic hydroxyl groups excluding tert-OH is 1. The molecule has 0 unspecified atom stereocenters. The third-order valence-corrected chi connectivity index (χ3v) is 3.77. The number of hydrogen-bond donors (Lipinski definition) is 1. The molecule has 3 aliphatic rings. The van der Waals surface area contributed by atoms with Crippen molar-refractivity contribution >= 4 is 0 Å². The highest BCUT2D eigenvalue weighted by Crippen LogP contribution is 2.58. The van der Waals surface area contributed by atoms with E-state index >= 15 is 0 Å². The zero-order valence-corrected chi connectivity index (χ0v) is 7.30. The van der Waals surface area contributed by atoms with Crippen LogP contribution in [0.3, 0.4) is 0 Å². The van der Waals surface area contributed by atoms with Gasteiger partial charge in [-0.25, -0.2) is 0 Å². The molecule has 3 rings (SSSR count). The number of hydrogen-bond acceptors (Lipinski definition) is 1. The fourth-order valence-electron chi connectivity index (χ4n) is 2.66. The number of rotatable bonds is 1. The topological polar surface area (TPSA) is 20.2 Å². The SMILES string of the molecule is CC1(C)[C@H]2CC=C(CO)[C@@H]1C2. The van der Waals surface area contributed by atoms with Crippen molar-refractivity contribution in [3.8, 4) is 0 Å². The summed E-state index contributed by atoms with van der Waals surface area (Å²) >= 11 is 0. The molecule has 1 N–H and O–H groups in total. The van der Waals surface area contributed by atoms with Gasteiger partial charge >= 0.3 is 0 Å². The van der Waals surface area contributed by atoms with Crippen molar-refractivity contribution in [2.75, 3.05) is 6.61 Å². The van der Waals surface area contributed by atoms with Gasteiger partial charge in [-0.3, -0.25) is 0 Å². The van der Waals surface area contributed by atoms with E-state index in [1.807, 2.05) is 0 Å². The van der Waals surface area contributed by atoms with Gasteiger partial charge in [0.1, 0.15) is 0 Å². The van der Waals surface area contributed by atoms with Gasteiger partial charge < -0.3 is 5.11 Å². The minimum absolute atomic E-state index is 0.279. The largest absolute Gasteiger partial charge is 0.392 e. The lowest BCUT2D eigenvalue weighted by molar-refractivity contribution is -0.0125. The first kappa shape index (κ1) is 7.35. The molecule has 3 aliphatic carbocycles. The Morgan fingerprint density at radius 2 is 2.36 bits per heavy atom. The smallest absolute Gasteiger partial charge is 0.0644 e. The van der Waals surface area contributed by atoms with Gasteiger partial charge in [0.15, 0.2) is 0 Å². The van der Waals surface area contributed by atoms with E-state index in [0.717, 1.165) is 5.92 Å². The molecule has 0 aromatic heterocycles. The van der Waals surface area contributed by atoms with Gasteiger partial charge in [-0.05, 0) is 35.7 Å². The quantitative estimate of drug-likeness (QED) is 0.569. The van der Waals surface area contributed by atoms with Crippen LogP contribution in [0.25, 0.3) is 0 Å². The summed E-state index contributed by atoms with van der Waals surface area (Å²) in [6.45, 7) is 4.93. The zero-order chi connectivity index (χ0) is 8.06. The molecular weight excluding hydrogens is 136 g/mol. The minimum atomic E-state index is 0.279. The highest BCUT2D eigenvalue weighted by Gasteiger charge is 2.50. The van der Waals surface area contributed by atoms with Crippen molar-refractivity contribution < 1.29 is 5.11 Å². The maximum atomic E-state index is 9.05. The van der Waals surface area contributed by atoms with Crippen molar-refractivity contribution in [1.82, 2.24) is 0 Å². The van der Waals surface area contributed by atoms with E-state index in [9.17, 15) is 0 Å². The van der Waals surface area contributed by atoms with Gasteiger partial charge in [0.2, 0.25) is 0 Å². The maximum absolute atomic E-state index is 9.05. The first-order chi connectivity index (χ1) is 5.16. The second kappa shape index (κ2) is 2.10. The highest BCUT2D eigenvalue weighted by atomic mass is 16.3. The molecule has 0 saturated heterocycles. The molecular formula is C10H16O. The third-order valence-electron chi connectivity index (χ3n) is 3.77. The van der Waals surface area contributed by atoms with E-state index in [4.69, 9.17) is 5.11 Å². The summed E-state index contributed by atoms with van der Waals surface area (Å²) in [5.74, 6) is 1.58. The van der Waals surface area contributed by atoms with E-state index in [-0.39, 0.29) is 6.61 Å². The van der Waals surface area contributed by atoms with Crippen LogP contribution in [0.1, 0.15) is 26.7 Å². The molecule has 1 nitrogen and oxygen atoms in total. The predicted octanol–water partition coefficient (Wildman–Crippen LogP) is 1.97. The van der Waals surface area contributed by atoms with Crippen LogP contribution in [-0.2, 0) is 0 Å². The number of aliphatic hydroxyl groups is 1. The summed E-state index contributed by atoms with van der Waals surface area (Å²) < 4.78 is 0. The Morgan fingerprint density at radius 1 is 1.64 bits per heavy atom. The normalized spacial score (nSPS) is 39.4. The van der Waals surface area contributed by atoms with Crippen LogP contribution in [0, 0.1) is 17.3 Å². The van der Waals surface area contributed by atoms with E-state index in [2.05, 4.69) is 19.9 Å². The van der Waals surface area contributed by atoms with Crippen molar-refractivity contribution in [3.63, 3.8) is 0 Å². The van der Waals surface area contributed by atoms with Gasteiger partial charge in [0.25, 0.3) is 0 Å². The maximum Gasteiger partial charge on any atom is 0.0644 e. The van der Waals surface area contributed by atoms with Crippen molar-refractivity contribution in [3.05, 3.63) is 11.6 Å². The lowest BCUT2D eigenvalue weighted by Gasteiger charge is -2.56. The molecule has 2 bridgehead atoms. The average molecular weight is 152 g/mol. The standard InChI is InChI=1S/C10H16O/c1-10(2)8-4-3-7(6-11)9(10)5-8/h3,8-9,11H,4-6H2,1-2H3/t8-,9-/m0/s1. The first-order valence-corrected chi connectivity index (χ1v) is 4.46. The van der Waals surface area contributed by atoms with Crippen LogP contribution in [0.15, 0.2) is 11.6 Å². The summed E-state index contributed by atoms with van der Waals surface area (Å²) in [6, 6.07) is 0. The molecule has 1 saturated carbocycles. The average Bonchev–Trinajstić information content (AvgIpc) is 2.04. The van der Waals surface area contributed by atoms with Crippen LogP contribution < -0.4 is 0 Å². The Hall–Kier alpha value is -0.300. The summed E-state index contributed by atoms with van der Waals surface area (Å²) in [7, 11) is 0. The van der Waals surface area contributed by atoms with E-state index < -0.39 is 0 Å². The molecule has 11 heavy (non-hydrogen) atoms. The Bertz CT molecular complexity index is 203. The Balaban J connectivity index is 2.23. The van der Waals surface area contributed by atoms with Crippen molar-refractivity contribution in [1.29, 1.82) is 0 Å². The van der Waals surface area contributed by atoms with Crippen molar-refractivity contribution in [2.24, 2.45) is 17.3 Å². The van der Waals surface area contributed by atoms with Crippen LogP contribution in [0.5, 0.6) is 0 Å². The molecule has 0 aromatic carbocycles. The molecule has 1 heteroatoms. The lowest BCUT2D eigenvalue weighted by Crippen LogP contribution is -2.48. The minimum Gasteiger partial charge on any atom is -0.392 e. The van der Waals surface area contributed by atoms with Gasteiger partial charge in [0.05, 0.1) is 6.61 Å². The number of fused-ring (bicyclic) bond motifs is 1. The second-order valence-corrected chi connectivity index (χ2v) is 4.48. The molecule has 0 radical (unpaired) electrons. The van der Waals surface area contributed by atoms with Crippen LogP contribution in [0.4, 0.5) is 0 Å². The lowest BCUT2D eigenvalue weighted by atomic mass is 9.49. The van der Waals surface area contributed by atoms with Gasteiger partial charge in [0, 0.05) is 0 Å². The van der Waals surface area contributed by atoms with Gasteiger partial charge in [-0.1, -0.05) is 19.9 Å². The third kappa shape index (κ3) is 0.807. The molecule has 0 heterocycles. The van der Waals surface area contributed by atoms with Crippen molar-refractivity contribution in [2.45, 2.75) is 26.7 Å². The summed E-state index contributed by atoms with van der Waals surface area (Å²) in [5.41, 5.74) is 1.77. The van der Waals surface area contributed by atoms with E-state index in [0.29, 0.717) is 11.3 Å². The van der Waals surface area contributed by atoms with Crippen LogP contribution >= 0.6 is 0 Å². The zero-order valence-electron chi connectivity index (χ0n) is 7.30.